The Hall–Kier alpha value is -4.33. The number of Topliss-reactive ketones (excluding diaryl/α,β-unsaturated/α-hetero) is 1. The smallest absolute Gasteiger partial charge is 0.339 e. The van der Waals surface area contributed by atoms with Crippen molar-refractivity contribution in [3.8, 4) is 11.5 Å². The molecule has 156 valence electrons. The van der Waals surface area contributed by atoms with E-state index in [0.29, 0.717) is 28.5 Å². The maximum Gasteiger partial charge on any atom is 0.339 e. The number of carbonyl (C=O) groups excluding carboxylic acids is 3. The monoisotopic (exact) mass is 419 g/mol. The first-order chi connectivity index (χ1) is 15.0. The number of furan rings is 1. The van der Waals surface area contributed by atoms with Gasteiger partial charge in [0, 0.05) is 12.1 Å². The minimum atomic E-state index is -0.560. The number of hydrogen-bond acceptors (Lipinski definition) is 7. The Bertz CT molecular complexity index is 1180. The third-order valence-corrected chi connectivity index (χ3v) is 4.43. The van der Waals surface area contributed by atoms with Crippen LogP contribution in [0.1, 0.15) is 26.5 Å². The number of fused-ring (bicyclic) bond motifs is 1. The van der Waals surface area contributed by atoms with Gasteiger partial charge in [-0.25, -0.2) is 4.79 Å². The number of ether oxygens (including phenoxy) is 3. The van der Waals surface area contributed by atoms with E-state index in [9.17, 15) is 14.4 Å². The molecule has 2 aromatic carbocycles. The van der Waals surface area contributed by atoms with E-state index in [4.69, 9.17) is 18.6 Å². The second kappa shape index (κ2) is 8.58. The minimum absolute atomic E-state index is 0.138. The average Bonchev–Trinajstić information content (AvgIpc) is 3.40. The molecule has 1 amide bonds. The highest BCUT2D eigenvalue weighted by atomic mass is 16.5. The number of rotatable bonds is 6. The van der Waals surface area contributed by atoms with E-state index in [1.807, 2.05) is 0 Å². The van der Waals surface area contributed by atoms with Gasteiger partial charge < -0.3 is 23.9 Å². The zero-order valence-corrected chi connectivity index (χ0v) is 16.4. The van der Waals surface area contributed by atoms with Crippen molar-refractivity contribution in [2.45, 2.75) is 0 Å². The van der Waals surface area contributed by atoms with Gasteiger partial charge in [-0.1, -0.05) is 12.1 Å². The van der Waals surface area contributed by atoms with Crippen molar-refractivity contribution in [1.82, 2.24) is 0 Å². The molecule has 0 saturated carbocycles. The summed E-state index contributed by atoms with van der Waals surface area (Å²) in [5.74, 6) is 0.0211. The second-order valence-electron chi connectivity index (χ2n) is 6.49. The van der Waals surface area contributed by atoms with Crippen LogP contribution in [0, 0.1) is 0 Å². The number of hydrogen-bond donors (Lipinski definition) is 1. The van der Waals surface area contributed by atoms with Crippen LogP contribution < -0.4 is 14.8 Å². The molecule has 0 bridgehead atoms. The van der Waals surface area contributed by atoms with Crippen LogP contribution in [0.5, 0.6) is 11.5 Å². The highest BCUT2D eigenvalue weighted by molar-refractivity contribution is 6.14. The van der Waals surface area contributed by atoms with Crippen LogP contribution in [0.25, 0.3) is 6.08 Å². The number of para-hydroxylation sites is 1. The number of methoxy groups -OCH3 is 1. The topological polar surface area (TPSA) is 104 Å². The Morgan fingerprint density at radius 1 is 1.10 bits per heavy atom. The fraction of sp³-hybridized carbons (Fsp3) is 0.0870. The van der Waals surface area contributed by atoms with Gasteiger partial charge in [0.1, 0.15) is 17.3 Å². The summed E-state index contributed by atoms with van der Waals surface area (Å²) < 4.78 is 21.0. The number of esters is 1. The van der Waals surface area contributed by atoms with Gasteiger partial charge >= 0.3 is 5.97 Å². The van der Waals surface area contributed by atoms with E-state index in [1.54, 1.807) is 48.5 Å². The number of amides is 1. The molecule has 1 aliphatic rings. The fourth-order valence-corrected chi connectivity index (χ4v) is 2.97. The number of benzene rings is 2. The van der Waals surface area contributed by atoms with Crippen LogP contribution >= 0.6 is 0 Å². The number of ketones is 1. The summed E-state index contributed by atoms with van der Waals surface area (Å²) >= 11 is 0. The zero-order chi connectivity index (χ0) is 21.8. The summed E-state index contributed by atoms with van der Waals surface area (Å²) in [7, 11) is 1.26. The number of anilines is 1. The predicted octanol–water partition coefficient (Wildman–Crippen LogP) is 3.70. The molecule has 4 rings (SSSR count). The van der Waals surface area contributed by atoms with Crippen molar-refractivity contribution in [2.75, 3.05) is 19.0 Å². The quantitative estimate of drug-likeness (QED) is 0.480. The maximum absolute atomic E-state index is 12.4. The first kappa shape index (κ1) is 20.0. The molecular weight excluding hydrogens is 402 g/mol. The summed E-state index contributed by atoms with van der Waals surface area (Å²) in [6.45, 7) is -0.308. The molecule has 0 radical (unpaired) electrons. The van der Waals surface area contributed by atoms with E-state index in [0.717, 1.165) is 0 Å². The van der Waals surface area contributed by atoms with Crippen molar-refractivity contribution in [1.29, 1.82) is 0 Å². The van der Waals surface area contributed by atoms with Crippen LogP contribution in [-0.4, -0.2) is 31.4 Å². The Kier molecular flexibility index (Phi) is 5.53. The minimum Gasteiger partial charge on any atom is -0.484 e. The molecule has 0 fully saturated rings. The molecular formula is C23H17NO7. The van der Waals surface area contributed by atoms with Crippen LogP contribution in [0.4, 0.5) is 5.69 Å². The standard InChI is InChI=1S/C23H17NO7/c1-28-23(27)16-6-2-3-7-18(16)24-21(25)13-30-15-8-9-17-19(11-15)31-20(22(17)26)12-14-5-4-10-29-14/h2-12H,13H2,1H3,(H,24,25). The fourth-order valence-electron chi connectivity index (χ4n) is 2.97. The first-order valence-electron chi connectivity index (χ1n) is 9.27. The molecule has 8 nitrogen and oxygen atoms in total. The number of allylic oxidation sites excluding steroid dienone is 1. The molecule has 8 heteroatoms. The molecule has 1 aliphatic heterocycles. The number of nitrogens with one attached hydrogen (secondary N) is 1. The van der Waals surface area contributed by atoms with Gasteiger partial charge in [0.25, 0.3) is 5.91 Å². The van der Waals surface area contributed by atoms with Gasteiger partial charge in [0.2, 0.25) is 5.78 Å². The number of carbonyl (C=O) groups is 3. The summed E-state index contributed by atoms with van der Waals surface area (Å²) in [5, 5.41) is 2.62. The Morgan fingerprint density at radius 2 is 1.94 bits per heavy atom. The third-order valence-electron chi connectivity index (χ3n) is 4.43. The Morgan fingerprint density at radius 3 is 2.71 bits per heavy atom. The highest BCUT2D eigenvalue weighted by Gasteiger charge is 2.28. The van der Waals surface area contributed by atoms with Gasteiger partial charge in [-0.2, -0.15) is 0 Å². The molecule has 0 spiro atoms. The molecule has 31 heavy (non-hydrogen) atoms. The Balaban J connectivity index is 1.41. The van der Waals surface area contributed by atoms with Crippen molar-refractivity contribution >= 4 is 29.4 Å². The lowest BCUT2D eigenvalue weighted by Crippen LogP contribution is -2.21. The normalized spacial score (nSPS) is 13.5. The molecule has 3 aromatic rings. The summed E-state index contributed by atoms with van der Waals surface area (Å²) in [6.07, 6.45) is 3.01. The van der Waals surface area contributed by atoms with Gasteiger partial charge in [0.15, 0.2) is 12.4 Å². The summed E-state index contributed by atoms with van der Waals surface area (Å²) in [6, 6.07) is 14.6. The van der Waals surface area contributed by atoms with Gasteiger partial charge in [-0.05, 0) is 36.4 Å². The third kappa shape index (κ3) is 4.32. The molecule has 2 heterocycles. The molecule has 0 atom stereocenters. The van der Waals surface area contributed by atoms with Gasteiger partial charge in [-0.3, -0.25) is 9.59 Å². The second-order valence-corrected chi connectivity index (χ2v) is 6.49. The lowest BCUT2D eigenvalue weighted by molar-refractivity contribution is -0.118. The lowest BCUT2D eigenvalue weighted by Gasteiger charge is -2.11. The highest BCUT2D eigenvalue weighted by Crippen LogP contribution is 2.35. The van der Waals surface area contributed by atoms with Crippen molar-refractivity contribution in [3.05, 3.63) is 83.5 Å². The van der Waals surface area contributed by atoms with Crippen molar-refractivity contribution in [3.63, 3.8) is 0 Å². The van der Waals surface area contributed by atoms with E-state index < -0.39 is 11.9 Å². The predicted molar refractivity (Wildman–Crippen MR) is 110 cm³/mol. The average molecular weight is 419 g/mol. The zero-order valence-electron chi connectivity index (χ0n) is 16.4. The lowest BCUT2D eigenvalue weighted by atomic mass is 10.1. The van der Waals surface area contributed by atoms with E-state index >= 15 is 0 Å². The molecule has 0 saturated heterocycles. The SMILES string of the molecule is COC(=O)c1ccccc1NC(=O)COc1ccc2c(c1)OC(=Cc1ccco1)C2=O. The van der Waals surface area contributed by atoms with E-state index in [2.05, 4.69) is 5.32 Å². The first-order valence-corrected chi connectivity index (χ1v) is 9.27. The van der Waals surface area contributed by atoms with Crippen LogP contribution in [0.15, 0.2) is 71.0 Å². The van der Waals surface area contributed by atoms with Crippen molar-refractivity contribution < 1.29 is 33.0 Å². The van der Waals surface area contributed by atoms with Gasteiger partial charge in [0.05, 0.1) is 30.2 Å². The molecule has 0 aliphatic carbocycles. The molecule has 0 unspecified atom stereocenters. The van der Waals surface area contributed by atoms with Crippen LogP contribution in [-0.2, 0) is 9.53 Å². The van der Waals surface area contributed by atoms with Crippen LogP contribution in [0.3, 0.4) is 0 Å². The van der Waals surface area contributed by atoms with E-state index in [1.165, 1.54) is 25.5 Å². The van der Waals surface area contributed by atoms with Gasteiger partial charge in [-0.15, -0.1) is 0 Å². The van der Waals surface area contributed by atoms with Crippen LogP contribution in [0.2, 0.25) is 0 Å². The summed E-state index contributed by atoms with van der Waals surface area (Å²) in [5.41, 5.74) is 0.943. The van der Waals surface area contributed by atoms with Crippen molar-refractivity contribution in [2.24, 2.45) is 0 Å². The largest absolute Gasteiger partial charge is 0.484 e. The maximum atomic E-state index is 12.4. The van der Waals surface area contributed by atoms with E-state index in [-0.39, 0.29) is 23.7 Å². The summed E-state index contributed by atoms with van der Waals surface area (Å²) in [4.78, 5) is 36.5. The Labute approximate surface area is 177 Å². The molecule has 1 aromatic heterocycles. The molecule has 1 N–H and O–H groups in total.